The quantitative estimate of drug-likeness (QED) is 0.637. The number of rotatable bonds is 6. The molecule has 27 heavy (non-hydrogen) atoms. The third-order valence-electron chi connectivity index (χ3n) is 5.63. The molecule has 0 bridgehead atoms. The molecule has 3 rings (SSSR count). The summed E-state index contributed by atoms with van der Waals surface area (Å²) in [5, 5.41) is 0. The van der Waals surface area contributed by atoms with Gasteiger partial charge in [-0.25, -0.2) is 0 Å². The molecule has 1 atom stereocenters. The second-order valence-corrected chi connectivity index (χ2v) is 8.16. The Morgan fingerprint density at radius 2 is 1.44 bits per heavy atom. The Balaban J connectivity index is 1.77. The summed E-state index contributed by atoms with van der Waals surface area (Å²) in [5.41, 5.74) is 2.60. The molecule has 1 saturated heterocycles. The largest absolute Gasteiger partial charge is 0.340 e. The van der Waals surface area contributed by atoms with Crippen LogP contribution in [-0.2, 0) is 4.79 Å². The van der Waals surface area contributed by atoms with Crippen molar-refractivity contribution < 1.29 is 4.79 Å². The zero-order valence-electron chi connectivity index (χ0n) is 16.3. The molecule has 144 valence electrons. The first-order valence-electron chi connectivity index (χ1n) is 9.97. The SMILES string of the molecule is CCC(CC)C(=O)N1CCN(C(c2ccccc2)c2ccc(Br)cc2)CC1. The van der Waals surface area contributed by atoms with E-state index in [1.54, 1.807) is 0 Å². The van der Waals surface area contributed by atoms with Crippen LogP contribution in [0.1, 0.15) is 43.9 Å². The predicted octanol–water partition coefficient (Wildman–Crippen LogP) is 5.12. The molecule has 0 radical (unpaired) electrons. The van der Waals surface area contributed by atoms with Crippen molar-refractivity contribution in [1.29, 1.82) is 0 Å². The van der Waals surface area contributed by atoms with Crippen molar-refractivity contribution in [2.45, 2.75) is 32.7 Å². The van der Waals surface area contributed by atoms with E-state index in [1.807, 2.05) is 0 Å². The summed E-state index contributed by atoms with van der Waals surface area (Å²) in [5.74, 6) is 0.507. The molecular formula is C23H29BrN2O. The van der Waals surface area contributed by atoms with Gasteiger partial charge in [0, 0.05) is 36.6 Å². The molecule has 4 heteroatoms. The van der Waals surface area contributed by atoms with Crippen LogP contribution in [0.2, 0.25) is 0 Å². The maximum atomic E-state index is 12.7. The molecule has 0 aromatic heterocycles. The first-order valence-corrected chi connectivity index (χ1v) is 10.8. The fraction of sp³-hybridized carbons (Fsp3) is 0.435. The molecule has 1 aliphatic heterocycles. The first-order chi connectivity index (χ1) is 13.1. The van der Waals surface area contributed by atoms with Gasteiger partial charge in [-0.2, -0.15) is 0 Å². The molecule has 3 nitrogen and oxygen atoms in total. The van der Waals surface area contributed by atoms with Crippen LogP contribution in [0.5, 0.6) is 0 Å². The summed E-state index contributed by atoms with van der Waals surface area (Å²) < 4.78 is 1.10. The lowest BCUT2D eigenvalue weighted by molar-refractivity contribution is -0.137. The highest BCUT2D eigenvalue weighted by Crippen LogP contribution is 2.30. The molecule has 2 aromatic carbocycles. The van der Waals surface area contributed by atoms with E-state index in [9.17, 15) is 4.79 Å². The topological polar surface area (TPSA) is 23.6 Å². The Kier molecular flexibility index (Phi) is 7.08. The van der Waals surface area contributed by atoms with E-state index < -0.39 is 0 Å². The van der Waals surface area contributed by atoms with E-state index >= 15 is 0 Å². The van der Waals surface area contributed by atoms with Gasteiger partial charge in [-0.05, 0) is 36.1 Å². The van der Waals surface area contributed by atoms with Gasteiger partial charge in [0.15, 0.2) is 0 Å². The van der Waals surface area contributed by atoms with Crippen LogP contribution in [0.3, 0.4) is 0 Å². The van der Waals surface area contributed by atoms with Gasteiger partial charge in [-0.3, -0.25) is 9.69 Å². The lowest BCUT2D eigenvalue weighted by Crippen LogP contribution is -2.51. The number of halogens is 1. The molecule has 0 spiro atoms. The highest BCUT2D eigenvalue weighted by atomic mass is 79.9. The molecular weight excluding hydrogens is 400 g/mol. The molecule has 2 aromatic rings. The average Bonchev–Trinajstić information content (AvgIpc) is 2.72. The lowest BCUT2D eigenvalue weighted by Gasteiger charge is -2.40. The standard InChI is InChI=1S/C23H29BrN2O/c1-3-18(4-2)23(27)26-16-14-25(15-17-26)22(19-8-6-5-7-9-19)20-10-12-21(24)13-11-20/h5-13,18,22H,3-4,14-17H2,1-2H3. The van der Waals surface area contributed by atoms with Gasteiger partial charge >= 0.3 is 0 Å². The molecule has 1 amide bonds. The summed E-state index contributed by atoms with van der Waals surface area (Å²) in [6, 6.07) is 19.5. The highest BCUT2D eigenvalue weighted by Gasteiger charge is 2.29. The van der Waals surface area contributed by atoms with E-state index in [1.165, 1.54) is 11.1 Å². The predicted molar refractivity (Wildman–Crippen MR) is 115 cm³/mol. The summed E-state index contributed by atoms with van der Waals surface area (Å²) in [4.78, 5) is 17.3. The maximum Gasteiger partial charge on any atom is 0.225 e. The van der Waals surface area contributed by atoms with E-state index in [-0.39, 0.29) is 12.0 Å². The van der Waals surface area contributed by atoms with Crippen molar-refractivity contribution in [3.05, 3.63) is 70.2 Å². The first kappa shape index (κ1) is 20.1. The molecule has 0 N–H and O–H groups in total. The second kappa shape index (κ2) is 9.52. The number of carbonyl (C=O) groups is 1. The van der Waals surface area contributed by atoms with Crippen LogP contribution < -0.4 is 0 Å². The molecule has 1 fully saturated rings. The number of benzene rings is 2. The Morgan fingerprint density at radius 1 is 0.889 bits per heavy atom. The van der Waals surface area contributed by atoms with Gasteiger partial charge in [0.2, 0.25) is 5.91 Å². The monoisotopic (exact) mass is 428 g/mol. The van der Waals surface area contributed by atoms with E-state index in [0.717, 1.165) is 43.5 Å². The fourth-order valence-electron chi connectivity index (χ4n) is 3.99. The zero-order chi connectivity index (χ0) is 19.2. The molecule has 1 unspecified atom stereocenters. The highest BCUT2D eigenvalue weighted by molar-refractivity contribution is 9.10. The summed E-state index contributed by atoms with van der Waals surface area (Å²) in [6.07, 6.45) is 1.86. The minimum Gasteiger partial charge on any atom is -0.340 e. The summed E-state index contributed by atoms with van der Waals surface area (Å²) >= 11 is 3.54. The lowest BCUT2D eigenvalue weighted by atomic mass is 9.96. The minimum absolute atomic E-state index is 0.174. The normalized spacial score (nSPS) is 16.5. The number of amides is 1. The van der Waals surface area contributed by atoms with Crippen molar-refractivity contribution in [2.24, 2.45) is 5.92 Å². The third kappa shape index (κ3) is 4.80. The maximum absolute atomic E-state index is 12.7. The Bertz CT molecular complexity index is 720. The van der Waals surface area contributed by atoms with Gasteiger partial charge in [-0.15, -0.1) is 0 Å². The van der Waals surface area contributed by atoms with Gasteiger partial charge in [0.1, 0.15) is 0 Å². The van der Waals surface area contributed by atoms with E-state index in [4.69, 9.17) is 0 Å². The van der Waals surface area contributed by atoms with Crippen LogP contribution in [0.15, 0.2) is 59.1 Å². The Labute approximate surface area is 171 Å². The van der Waals surface area contributed by atoms with Gasteiger partial charge in [-0.1, -0.05) is 72.2 Å². The van der Waals surface area contributed by atoms with E-state index in [0.29, 0.717) is 5.91 Å². The van der Waals surface area contributed by atoms with Crippen molar-refractivity contribution in [3.63, 3.8) is 0 Å². The van der Waals surface area contributed by atoms with Crippen molar-refractivity contribution in [2.75, 3.05) is 26.2 Å². The van der Waals surface area contributed by atoms with Crippen LogP contribution in [0.4, 0.5) is 0 Å². The zero-order valence-corrected chi connectivity index (χ0v) is 17.9. The molecule has 1 heterocycles. The van der Waals surface area contributed by atoms with Crippen LogP contribution >= 0.6 is 15.9 Å². The number of hydrogen-bond donors (Lipinski definition) is 0. The minimum atomic E-state index is 0.174. The van der Waals surface area contributed by atoms with Crippen molar-refractivity contribution in [3.8, 4) is 0 Å². The molecule has 1 aliphatic rings. The van der Waals surface area contributed by atoms with Gasteiger partial charge in [0.05, 0.1) is 6.04 Å². The van der Waals surface area contributed by atoms with Crippen molar-refractivity contribution in [1.82, 2.24) is 9.80 Å². The summed E-state index contributed by atoms with van der Waals surface area (Å²) in [6.45, 7) is 7.66. The third-order valence-corrected chi connectivity index (χ3v) is 6.16. The number of carbonyl (C=O) groups excluding carboxylic acids is 1. The second-order valence-electron chi connectivity index (χ2n) is 7.24. The Morgan fingerprint density at radius 3 is 2.00 bits per heavy atom. The Hall–Kier alpha value is -1.65. The smallest absolute Gasteiger partial charge is 0.225 e. The van der Waals surface area contributed by atoms with Gasteiger partial charge in [0.25, 0.3) is 0 Å². The number of piperazine rings is 1. The number of nitrogens with zero attached hydrogens (tertiary/aromatic N) is 2. The fourth-order valence-corrected chi connectivity index (χ4v) is 4.26. The van der Waals surface area contributed by atoms with Crippen LogP contribution in [0.25, 0.3) is 0 Å². The van der Waals surface area contributed by atoms with Crippen LogP contribution in [-0.4, -0.2) is 41.9 Å². The molecule has 0 saturated carbocycles. The van der Waals surface area contributed by atoms with E-state index in [2.05, 4.69) is 94.2 Å². The van der Waals surface area contributed by atoms with Crippen LogP contribution in [0, 0.1) is 5.92 Å². The van der Waals surface area contributed by atoms with Crippen molar-refractivity contribution >= 4 is 21.8 Å². The number of hydrogen-bond acceptors (Lipinski definition) is 2. The molecule has 0 aliphatic carbocycles. The summed E-state index contributed by atoms with van der Waals surface area (Å²) in [7, 11) is 0. The van der Waals surface area contributed by atoms with Gasteiger partial charge < -0.3 is 4.90 Å². The average molecular weight is 429 g/mol.